The Kier molecular flexibility index (Phi) is 5.88. The maximum atomic E-state index is 12.8. The summed E-state index contributed by atoms with van der Waals surface area (Å²) in [7, 11) is -3.79. The molecule has 0 aliphatic heterocycles. The first kappa shape index (κ1) is 20.8. The van der Waals surface area contributed by atoms with Gasteiger partial charge in [-0.2, -0.15) is 0 Å². The van der Waals surface area contributed by atoms with Gasteiger partial charge in [-0.15, -0.1) is 0 Å². The van der Waals surface area contributed by atoms with Crippen molar-refractivity contribution in [3.8, 4) is 0 Å². The Balaban J connectivity index is 1.48. The van der Waals surface area contributed by atoms with E-state index in [1.165, 1.54) is 18.4 Å². The number of carbonyl (C=O) groups excluding carboxylic acids is 1. The van der Waals surface area contributed by atoms with Crippen LogP contribution in [0.25, 0.3) is 10.8 Å². The van der Waals surface area contributed by atoms with Crippen molar-refractivity contribution in [2.24, 2.45) is 0 Å². The van der Waals surface area contributed by atoms with Gasteiger partial charge in [-0.25, -0.2) is 13.1 Å². The monoisotopic (exact) mass is 434 g/mol. The Labute approximate surface area is 181 Å². The van der Waals surface area contributed by atoms with Crippen molar-refractivity contribution >= 4 is 26.7 Å². The first-order chi connectivity index (χ1) is 14.9. The third-order valence-corrected chi connectivity index (χ3v) is 6.44. The molecule has 0 saturated heterocycles. The maximum absolute atomic E-state index is 12.8. The highest BCUT2D eigenvalue weighted by molar-refractivity contribution is 7.89. The summed E-state index contributed by atoms with van der Waals surface area (Å²) >= 11 is 0. The van der Waals surface area contributed by atoms with Crippen LogP contribution in [0.5, 0.6) is 0 Å². The van der Waals surface area contributed by atoms with Gasteiger partial charge >= 0.3 is 0 Å². The van der Waals surface area contributed by atoms with Crippen LogP contribution in [0.3, 0.4) is 0 Å². The average Bonchev–Trinajstić information content (AvgIpc) is 3.31. The van der Waals surface area contributed by atoms with Gasteiger partial charge in [0.1, 0.15) is 5.76 Å². The van der Waals surface area contributed by atoms with E-state index in [2.05, 4.69) is 10.0 Å². The maximum Gasteiger partial charge on any atom is 0.251 e. The van der Waals surface area contributed by atoms with Crippen molar-refractivity contribution < 1.29 is 17.6 Å². The molecule has 1 amide bonds. The molecule has 1 atom stereocenters. The lowest BCUT2D eigenvalue weighted by molar-refractivity contribution is 0.0939. The van der Waals surface area contributed by atoms with Gasteiger partial charge in [0.15, 0.2) is 0 Å². The number of furan rings is 1. The van der Waals surface area contributed by atoms with Crippen molar-refractivity contribution in [1.82, 2.24) is 10.0 Å². The molecule has 3 aromatic carbocycles. The molecular formula is C24H22N2O4S. The molecule has 7 heteroatoms. The van der Waals surface area contributed by atoms with Crippen LogP contribution >= 0.6 is 0 Å². The van der Waals surface area contributed by atoms with Crippen LogP contribution in [0.2, 0.25) is 0 Å². The summed E-state index contributed by atoms with van der Waals surface area (Å²) in [5, 5.41) is 5.16. The Morgan fingerprint density at radius 3 is 2.52 bits per heavy atom. The lowest BCUT2D eigenvalue weighted by Crippen LogP contribution is -2.27. The molecule has 0 bridgehead atoms. The van der Waals surface area contributed by atoms with Crippen molar-refractivity contribution in [3.63, 3.8) is 0 Å². The van der Waals surface area contributed by atoms with Crippen LogP contribution < -0.4 is 10.0 Å². The van der Waals surface area contributed by atoms with E-state index in [4.69, 9.17) is 4.42 Å². The number of fused-ring (bicyclic) bond motifs is 1. The van der Waals surface area contributed by atoms with Crippen molar-refractivity contribution in [1.29, 1.82) is 0 Å². The molecule has 158 valence electrons. The van der Waals surface area contributed by atoms with Gasteiger partial charge in [-0.1, -0.05) is 42.5 Å². The largest absolute Gasteiger partial charge is 0.468 e. The van der Waals surface area contributed by atoms with E-state index >= 15 is 0 Å². The standard InChI is InChI=1S/C24H22N2O4S/c1-17(19-12-11-18-6-2-3-7-20(18)14-19)26-24(27)21-8-4-10-23(15-21)31(28,29)25-16-22-9-5-13-30-22/h2-15,17,25H,16H2,1H3,(H,26,27). The van der Waals surface area contributed by atoms with E-state index in [9.17, 15) is 13.2 Å². The SMILES string of the molecule is CC(NC(=O)c1cccc(S(=O)(=O)NCc2ccco2)c1)c1ccc2ccccc2c1. The molecule has 0 radical (unpaired) electrons. The minimum atomic E-state index is -3.79. The van der Waals surface area contributed by atoms with Gasteiger partial charge in [0.2, 0.25) is 10.0 Å². The van der Waals surface area contributed by atoms with Gasteiger partial charge in [-0.05, 0) is 59.7 Å². The molecule has 0 aliphatic carbocycles. The van der Waals surface area contributed by atoms with E-state index in [1.807, 2.05) is 49.4 Å². The zero-order valence-corrected chi connectivity index (χ0v) is 17.7. The minimum Gasteiger partial charge on any atom is -0.468 e. The highest BCUT2D eigenvalue weighted by Crippen LogP contribution is 2.21. The molecule has 1 aromatic heterocycles. The predicted octanol–water partition coefficient (Wildman–Crippen LogP) is 4.40. The van der Waals surface area contributed by atoms with Gasteiger partial charge in [0.25, 0.3) is 5.91 Å². The molecule has 4 aromatic rings. The number of amides is 1. The summed E-state index contributed by atoms with van der Waals surface area (Å²) in [5.41, 5.74) is 1.24. The number of carbonyl (C=O) groups is 1. The number of nitrogens with one attached hydrogen (secondary N) is 2. The lowest BCUT2D eigenvalue weighted by atomic mass is 10.0. The Morgan fingerprint density at radius 2 is 1.74 bits per heavy atom. The van der Waals surface area contributed by atoms with Gasteiger partial charge in [0.05, 0.1) is 23.7 Å². The molecule has 31 heavy (non-hydrogen) atoms. The molecule has 0 fully saturated rings. The van der Waals surface area contributed by atoms with Crippen LogP contribution in [0.4, 0.5) is 0 Å². The molecule has 0 spiro atoms. The Hall–Kier alpha value is -3.42. The fraction of sp³-hybridized carbons (Fsp3) is 0.125. The quantitative estimate of drug-likeness (QED) is 0.451. The molecule has 0 aliphatic rings. The number of benzene rings is 3. The van der Waals surface area contributed by atoms with Crippen LogP contribution in [0.15, 0.2) is 94.4 Å². The molecule has 1 unspecified atom stereocenters. The highest BCUT2D eigenvalue weighted by Gasteiger charge is 2.18. The molecule has 0 saturated carbocycles. The van der Waals surface area contributed by atoms with Gasteiger partial charge < -0.3 is 9.73 Å². The molecule has 4 rings (SSSR count). The van der Waals surface area contributed by atoms with Gasteiger partial charge in [-0.3, -0.25) is 4.79 Å². The zero-order chi connectivity index (χ0) is 21.8. The van der Waals surface area contributed by atoms with Gasteiger partial charge in [0, 0.05) is 5.56 Å². The number of rotatable bonds is 7. The van der Waals surface area contributed by atoms with Crippen LogP contribution in [-0.2, 0) is 16.6 Å². The number of sulfonamides is 1. The molecule has 1 heterocycles. The lowest BCUT2D eigenvalue weighted by Gasteiger charge is -2.15. The smallest absolute Gasteiger partial charge is 0.251 e. The van der Waals surface area contributed by atoms with Crippen LogP contribution in [-0.4, -0.2) is 14.3 Å². The summed E-state index contributed by atoms with van der Waals surface area (Å²) in [5.74, 6) is 0.158. The second-order valence-electron chi connectivity index (χ2n) is 7.23. The molecule has 6 nitrogen and oxygen atoms in total. The van der Waals surface area contributed by atoms with E-state index in [-0.39, 0.29) is 29.0 Å². The summed E-state index contributed by atoms with van der Waals surface area (Å²) in [6.45, 7) is 1.93. The summed E-state index contributed by atoms with van der Waals surface area (Å²) < 4.78 is 32.8. The predicted molar refractivity (Wildman–Crippen MR) is 119 cm³/mol. The summed E-state index contributed by atoms with van der Waals surface area (Å²) in [6, 6.07) is 23.1. The second-order valence-corrected chi connectivity index (χ2v) is 9.00. The summed E-state index contributed by atoms with van der Waals surface area (Å²) in [4.78, 5) is 12.8. The third kappa shape index (κ3) is 4.84. The number of hydrogen-bond acceptors (Lipinski definition) is 4. The van der Waals surface area contributed by atoms with Crippen molar-refractivity contribution in [2.75, 3.05) is 0 Å². The van der Waals surface area contributed by atoms with Crippen LogP contribution in [0.1, 0.15) is 34.6 Å². The Bertz CT molecular complexity index is 1310. The second kappa shape index (κ2) is 8.75. The molecule has 2 N–H and O–H groups in total. The van der Waals surface area contributed by atoms with Crippen LogP contribution in [0, 0.1) is 0 Å². The molecular weight excluding hydrogens is 412 g/mol. The van der Waals surface area contributed by atoms with E-state index in [0.29, 0.717) is 5.76 Å². The van der Waals surface area contributed by atoms with Crippen molar-refractivity contribution in [2.45, 2.75) is 24.4 Å². The van der Waals surface area contributed by atoms with E-state index in [1.54, 1.807) is 24.3 Å². The van der Waals surface area contributed by atoms with E-state index < -0.39 is 10.0 Å². The van der Waals surface area contributed by atoms with E-state index in [0.717, 1.165) is 16.3 Å². The average molecular weight is 435 g/mol. The Morgan fingerprint density at radius 1 is 0.935 bits per heavy atom. The topological polar surface area (TPSA) is 88.4 Å². The fourth-order valence-electron chi connectivity index (χ4n) is 3.31. The van der Waals surface area contributed by atoms with Crippen molar-refractivity contribution in [3.05, 3.63) is 102 Å². The fourth-order valence-corrected chi connectivity index (χ4v) is 4.35. The third-order valence-electron chi connectivity index (χ3n) is 5.04. The highest BCUT2D eigenvalue weighted by atomic mass is 32.2. The normalized spacial score (nSPS) is 12.5. The number of hydrogen-bond donors (Lipinski definition) is 2. The minimum absolute atomic E-state index is 0.0186. The zero-order valence-electron chi connectivity index (χ0n) is 16.9. The first-order valence-corrected chi connectivity index (χ1v) is 11.3. The first-order valence-electron chi connectivity index (χ1n) is 9.84. The summed E-state index contributed by atoms with van der Waals surface area (Å²) in [6.07, 6.45) is 1.48.